The van der Waals surface area contributed by atoms with E-state index in [1.807, 2.05) is 0 Å². The number of phenols is 2. The lowest BCUT2D eigenvalue weighted by molar-refractivity contribution is -0.134. The zero-order valence-corrected chi connectivity index (χ0v) is 37.6. The summed E-state index contributed by atoms with van der Waals surface area (Å²) in [6, 6.07) is 22.9. The molecular formula is C46H57ClN10O10. The molecule has 0 aromatic heterocycles. The van der Waals surface area contributed by atoms with E-state index in [0.717, 1.165) is 0 Å². The van der Waals surface area contributed by atoms with Crippen LogP contribution in [0, 0.1) is 0 Å². The van der Waals surface area contributed by atoms with Gasteiger partial charge in [-0.2, -0.15) is 0 Å². The van der Waals surface area contributed by atoms with Crippen LogP contribution in [-0.4, -0.2) is 107 Å². The number of benzene rings is 4. The van der Waals surface area contributed by atoms with Gasteiger partial charge in [0, 0.05) is 12.8 Å². The van der Waals surface area contributed by atoms with E-state index in [1.165, 1.54) is 38.1 Å². The smallest absolute Gasteiger partial charge is 0.261 e. The highest BCUT2D eigenvalue weighted by Gasteiger charge is 2.27. The lowest BCUT2D eigenvalue weighted by atomic mass is 10.0. The maximum atomic E-state index is 13.6. The number of rotatable bonds is 22. The zero-order chi connectivity index (χ0) is 48.2. The number of hydrogen-bond acceptors (Lipinski definition) is 12. The number of carbonyl (C=O) groups is 8. The number of carbonyl (C=O) groups excluding carboxylic acids is 8. The van der Waals surface area contributed by atoms with Gasteiger partial charge >= 0.3 is 0 Å². The van der Waals surface area contributed by atoms with E-state index in [-0.39, 0.29) is 49.6 Å². The second-order valence-corrected chi connectivity index (χ2v) is 15.4. The molecule has 6 atom stereocenters. The van der Waals surface area contributed by atoms with Crippen LogP contribution in [0.15, 0.2) is 109 Å². The van der Waals surface area contributed by atoms with Gasteiger partial charge in [0.15, 0.2) is 0 Å². The Morgan fingerprint density at radius 1 is 0.433 bits per heavy atom. The first-order valence-corrected chi connectivity index (χ1v) is 21.0. The quantitative estimate of drug-likeness (QED) is 0.0414. The molecule has 0 spiro atoms. The van der Waals surface area contributed by atoms with Gasteiger partial charge in [-0.25, -0.2) is 0 Å². The van der Waals surface area contributed by atoms with E-state index in [1.54, 1.807) is 84.9 Å². The van der Waals surface area contributed by atoms with Gasteiger partial charge in [0.05, 0.1) is 25.2 Å². The predicted molar refractivity (Wildman–Crippen MR) is 248 cm³/mol. The van der Waals surface area contributed by atoms with Crippen molar-refractivity contribution in [1.82, 2.24) is 42.8 Å². The highest BCUT2D eigenvalue weighted by molar-refractivity contribution is 5.95. The summed E-state index contributed by atoms with van der Waals surface area (Å²) in [5, 5.41) is 33.9. The van der Waals surface area contributed by atoms with Crippen molar-refractivity contribution >= 4 is 59.7 Å². The number of hydrazine groups is 1. The van der Waals surface area contributed by atoms with Gasteiger partial charge in [-0.05, 0) is 73.2 Å². The summed E-state index contributed by atoms with van der Waals surface area (Å²) in [6.07, 6.45) is 0.226. The van der Waals surface area contributed by atoms with Gasteiger partial charge in [0.2, 0.25) is 35.4 Å². The van der Waals surface area contributed by atoms with Crippen LogP contribution in [0.25, 0.3) is 0 Å². The molecule has 0 saturated carbocycles. The fourth-order valence-corrected chi connectivity index (χ4v) is 6.28. The number of hydrogen-bond donors (Lipinski definition) is 12. The maximum Gasteiger partial charge on any atom is 0.261 e. The average Bonchev–Trinajstić information content (AvgIpc) is 3.30. The highest BCUT2D eigenvalue weighted by Crippen LogP contribution is 2.12. The van der Waals surface area contributed by atoms with E-state index in [2.05, 4.69) is 42.8 Å². The minimum absolute atomic E-state index is 0. The Balaban J connectivity index is 0.0000119. The van der Waals surface area contributed by atoms with Crippen LogP contribution in [0.3, 0.4) is 0 Å². The SMILES string of the molecule is C[C@@H](NC(=O)[C@@H](N)Cc1ccc(O)cc1)C(=O)NCC(=O)N[C@@H](Cc1ccccc1)C(=O)NNC(=O)[C@H](Cc1ccccc1)NC(=O)CNC(=O)[C@@H](C)NC(=O)[C@@H](N)Cc1ccc(O)cc1.Cl. The lowest BCUT2D eigenvalue weighted by Gasteiger charge is -2.22. The summed E-state index contributed by atoms with van der Waals surface area (Å²) in [4.78, 5) is 104. The van der Waals surface area contributed by atoms with Crippen molar-refractivity contribution in [2.45, 2.75) is 75.8 Å². The first-order valence-electron chi connectivity index (χ1n) is 21.0. The summed E-state index contributed by atoms with van der Waals surface area (Å²) in [5.74, 6) is -5.76. The third-order valence-electron chi connectivity index (χ3n) is 9.99. The van der Waals surface area contributed by atoms with E-state index >= 15 is 0 Å². The fraction of sp³-hybridized carbons (Fsp3) is 0.304. The van der Waals surface area contributed by atoms with Crippen molar-refractivity contribution < 1.29 is 48.6 Å². The Morgan fingerprint density at radius 2 is 0.746 bits per heavy atom. The van der Waals surface area contributed by atoms with Crippen LogP contribution in [-0.2, 0) is 64.0 Å². The average molecular weight is 945 g/mol. The van der Waals surface area contributed by atoms with E-state index in [0.29, 0.717) is 22.3 Å². The summed E-state index contributed by atoms with van der Waals surface area (Å²) < 4.78 is 0. The molecule has 0 bridgehead atoms. The van der Waals surface area contributed by atoms with Crippen LogP contribution in [0.2, 0.25) is 0 Å². The van der Waals surface area contributed by atoms with Crippen molar-refractivity contribution in [3.05, 3.63) is 131 Å². The van der Waals surface area contributed by atoms with Gasteiger partial charge in [-0.3, -0.25) is 49.2 Å². The van der Waals surface area contributed by atoms with Crippen LogP contribution < -0.4 is 54.2 Å². The molecule has 20 nitrogen and oxygen atoms in total. The molecule has 0 aliphatic rings. The monoisotopic (exact) mass is 944 g/mol. The largest absolute Gasteiger partial charge is 0.508 e. The van der Waals surface area contributed by atoms with E-state index in [9.17, 15) is 48.6 Å². The molecular weight excluding hydrogens is 888 g/mol. The summed E-state index contributed by atoms with van der Waals surface area (Å²) in [5.41, 5.74) is 19.3. The molecule has 8 amide bonds. The standard InChI is InChI=1S/C46H56N10O10.ClH/c1-27(51-43(63)35(47)21-31-13-17-33(57)18-14-31)41(61)49-25-39(59)53-37(23-29-9-5-3-6-10-29)45(65)55-56-46(66)38(24-30-11-7-4-8-12-30)54-40(60)26-50-42(62)28(2)52-44(64)36(48)22-32-15-19-34(58)20-16-32;/h3-20,27-28,35-38,57-58H,21-26,47-48H2,1-2H3,(H,49,61)(H,50,62)(H,51,63)(H,52,64)(H,53,59)(H,54,60)(H,55,65)(H,56,66);1H/t27-,28-,35+,36+,37+,38+;/m1./s1. The number of amides is 8. The molecule has 0 radical (unpaired) electrons. The van der Waals surface area contributed by atoms with Gasteiger partial charge in [-0.15, -0.1) is 12.4 Å². The topological polar surface area (TPSA) is 325 Å². The second kappa shape index (κ2) is 27.0. The molecule has 4 aromatic rings. The Labute approximate surface area is 393 Å². The molecule has 0 saturated heterocycles. The maximum absolute atomic E-state index is 13.6. The van der Waals surface area contributed by atoms with Gasteiger partial charge in [-0.1, -0.05) is 84.9 Å². The first-order chi connectivity index (χ1) is 31.5. The molecule has 358 valence electrons. The third-order valence-corrected chi connectivity index (χ3v) is 9.99. The van der Waals surface area contributed by atoms with Crippen molar-refractivity contribution in [2.75, 3.05) is 13.1 Å². The number of phenolic OH excluding ortho intramolecular Hbond substituents is 2. The summed E-state index contributed by atoms with van der Waals surface area (Å²) >= 11 is 0. The Kier molecular flexibility index (Phi) is 21.7. The first kappa shape index (κ1) is 53.8. The molecule has 67 heavy (non-hydrogen) atoms. The van der Waals surface area contributed by atoms with Crippen LogP contribution >= 0.6 is 12.4 Å². The van der Waals surface area contributed by atoms with Crippen LogP contribution in [0.4, 0.5) is 0 Å². The molecule has 0 aliphatic carbocycles. The minimum atomic E-state index is -1.27. The molecule has 14 N–H and O–H groups in total. The minimum Gasteiger partial charge on any atom is -0.508 e. The van der Waals surface area contributed by atoms with Gasteiger partial charge in [0.1, 0.15) is 35.7 Å². The van der Waals surface area contributed by atoms with Crippen molar-refractivity contribution in [3.8, 4) is 11.5 Å². The predicted octanol–water partition coefficient (Wildman–Crippen LogP) is -1.20. The Morgan fingerprint density at radius 3 is 1.07 bits per heavy atom. The molecule has 0 fully saturated rings. The number of nitrogens with two attached hydrogens (primary N) is 2. The van der Waals surface area contributed by atoms with Crippen molar-refractivity contribution in [1.29, 1.82) is 0 Å². The molecule has 21 heteroatoms. The fourth-order valence-electron chi connectivity index (χ4n) is 6.28. The second-order valence-electron chi connectivity index (χ2n) is 15.4. The molecule has 0 heterocycles. The highest BCUT2D eigenvalue weighted by atomic mass is 35.5. The zero-order valence-electron chi connectivity index (χ0n) is 36.8. The van der Waals surface area contributed by atoms with E-state index in [4.69, 9.17) is 11.5 Å². The molecule has 4 aromatic carbocycles. The summed E-state index contributed by atoms with van der Waals surface area (Å²) in [7, 11) is 0. The Bertz CT molecular complexity index is 2130. The van der Waals surface area contributed by atoms with Crippen LogP contribution in [0.1, 0.15) is 36.1 Å². The number of nitrogens with one attached hydrogen (secondary N) is 8. The van der Waals surface area contributed by atoms with Crippen molar-refractivity contribution in [2.24, 2.45) is 11.5 Å². The molecule has 4 rings (SSSR count). The normalized spacial score (nSPS) is 13.3. The number of aromatic hydroxyl groups is 2. The van der Waals surface area contributed by atoms with E-state index < -0.39 is 96.6 Å². The Hall–Kier alpha value is -7.55. The van der Waals surface area contributed by atoms with Crippen molar-refractivity contribution in [3.63, 3.8) is 0 Å². The molecule has 0 unspecified atom stereocenters. The summed E-state index contributed by atoms with van der Waals surface area (Å²) in [6.45, 7) is 1.65. The van der Waals surface area contributed by atoms with Crippen LogP contribution in [0.5, 0.6) is 11.5 Å². The third kappa shape index (κ3) is 18.8. The lowest BCUT2D eigenvalue weighted by Crippen LogP contribution is -2.58. The van der Waals surface area contributed by atoms with Gasteiger partial charge < -0.3 is 53.6 Å². The number of halogens is 1. The van der Waals surface area contributed by atoms with Gasteiger partial charge in [0.25, 0.3) is 11.8 Å². The molecule has 0 aliphatic heterocycles.